The highest BCUT2D eigenvalue weighted by molar-refractivity contribution is 7.15. The van der Waals surface area contributed by atoms with E-state index >= 15 is 0 Å². The van der Waals surface area contributed by atoms with Crippen molar-refractivity contribution in [3.63, 3.8) is 0 Å². The largest absolute Gasteiger partial charge is 0.463 e. The molecule has 0 aliphatic heterocycles. The summed E-state index contributed by atoms with van der Waals surface area (Å²) in [6.45, 7) is 0. The number of furan rings is 1. The number of thiophene rings is 1. The van der Waals surface area contributed by atoms with Crippen molar-refractivity contribution < 1.29 is 8.83 Å². The molecular formula is C15H8O3S. The van der Waals surface area contributed by atoms with Gasteiger partial charge in [0.25, 0.3) is 0 Å². The van der Waals surface area contributed by atoms with Crippen molar-refractivity contribution >= 4 is 33.3 Å². The second-order valence-corrected chi connectivity index (χ2v) is 5.09. The van der Waals surface area contributed by atoms with E-state index in [0.29, 0.717) is 27.7 Å². The van der Waals surface area contributed by atoms with E-state index in [4.69, 9.17) is 8.83 Å². The molecule has 0 saturated heterocycles. The van der Waals surface area contributed by atoms with Gasteiger partial charge in [-0.2, -0.15) is 0 Å². The van der Waals surface area contributed by atoms with E-state index in [1.54, 1.807) is 18.4 Å². The van der Waals surface area contributed by atoms with Gasteiger partial charge in [0.05, 0.1) is 21.9 Å². The average molecular weight is 268 g/mol. The molecule has 19 heavy (non-hydrogen) atoms. The van der Waals surface area contributed by atoms with Crippen LogP contribution in [-0.4, -0.2) is 0 Å². The second-order valence-electron chi connectivity index (χ2n) is 4.21. The van der Waals surface area contributed by atoms with Crippen LogP contribution in [0, 0.1) is 0 Å². The normalized spacial score (nSPS) is 11.4. The maximum absolute atomic E-state index is 12.6. The smallest absolute Gasteiger partial charge is 0.202 e. The molecule has 4 rings (SSSR count). The fourth-order valence-electron chi connectivity index (χ4n) is 2.22. The van der Waals surface area contributed by atoms with Crippen molar-refractivity contribution in [2.75, 3.05) is 0 Å². The van der Waals surface area contributed by atoms with Gasteiger partial charge < -0.3 is 8.83 Å². The summed E-state index contributed by atoms with van der Waals surface area (Å²) in [7, 11) is 0. The fraction of sp³-hybridized carbons (Fsp3) is 0. The third-order valence-electron chi connectivity index (χ3n) is 3.08. The lowest BCUT2D eigenvalue weighted by molar-refractivity contribution is 0.584. The topological polar surface area (TPSA) is 43.4 Å². The van der Waals surface area contributed by atoms with Gasteiger partial charge in [-0.3, -0.25) is 4.79 Å². The third kappa shape index (κ3) is 1.47. The first-order valence-corrected chi connectivity index (χ1v) is 6.69. The zero-order chi connectivity index (χ0) is 12.8. The Morgan fingerprint density at radius 3 is 2.74 bits per heavy atom. The molecule has 0 fully saturated rings. The fourth-order valence-corrected chi connectivity index (χ4v) is 3.15. The monoisotopic (exact) mass is 268 g/mol. The number of fused-ring (bicyclic) bond motifs is 2. The molecule has 0 radical (unpaired) electrons. The SMILES string of the molecule is O=c1c2ccccc2oc2csc(-c3ccco3)c12. The van der Waals surface area contributed by atoms with Crippen LogP contribution in [0.5, 0.6) is 0 Å². The molecule has 0 unspecified atom stereocenters. The lowest BCUT2D eigenvalue weighted by atomic mass is 10.1. The predicted octanol–water partition coefficient (Wildman–Crippen LogP) is 4.27. The lowest BCUT2D eigenvalue weighted by Crippen LogP contribution is -2.01. The highest BCUT2D eigenvalue weighted by atomic mass is 32.1. The first-order chi connectivity index (χ1) is 9.34. The van der Waals surface area contributed by atoms with Gasteiger partial charge in [-0.15, -0.1) is 11.3 Å². The maximum atomic E-state index is 12.6. The summed E-state index contributed by atoms with van der Waals surface area (Å²) in [6.07, 6.45) is 1.60. The van der Waals surface area contributed by atoms with E-state index in [9.17, 15) is 4.79 Å². The highest BCUT2D eigenvalue weighted by Gasteiger charge is 2.16. The maximum Gasteiger partial charge on any atom is 0.202 e. The summed E-state index contributed by atoms with van der Waals surface area (Å²) >= 11 is 1.46. The molecule has 0 bridgehead atoms. The molecule has 0 spiro atoms. The Morgan fingerprint density at radius 2 is 1.89 bits per heavy atom. The van der Waals surface area contributed by atoms with Crippen LogP contribution >= 0.6 is 11.3 Å². The van der Waals surface area contributed by atoms with Gasteiger partial charge in [0.1, 0.15) is 16.9 Å². The van der Waals surface area contributed by atoms with E-state index in [0.717, 1.165) is 4.88 Å². The number of hydrogen-bond donors (Lipinski definition) is 0. The average Bonchev–Trinajstić information content (AvgIpc) is 3.07. The number of para-hydroxylation sites is 1. The van der Waals surface area contributed by atoms with E-state index < -0.39 is 0 Å². The summed E-state index contributed by atoms with van der Waals surface area (Å²) < 4.78 is 11.2. The zero-order valence-electron chi connectivity index (χ0n) is 9.75. The van der Waals surface area contributed by atoms with Gasteiger partial charge in [-0.25, -0.2) is 0 Å². The minimum absolute atomic E-state index is 0.00972. The summed E-state index contributed by atoms with van der Waals surface area (Å²) in [5, 5.41) is 3.04. The van der Waals surface area contributed by atoms with E-state index in [1.165, 1.54) is 11.3 Å². The molecule has 0 aliphatic carbocycles. The van der Waals surface area contributed by atoms with Gasteiger partial charge in [0.2, 0.25) is 5.43 Å². The molecule has 0 atom stereocenters. The van der Waals surface area contributed by atoms with Crippen LogP contribution in [0.4, 0.5) is 0 Å². The molecule has 92 valence electrons. The Bertz CT molecular complexity index is 929. The molecule has 4 aromatic rings. The van der Waals surface area contributed by atoms with Gasteiger partial charge in [0.15, 0.2) is 0 Å². The molecule has 0 saturated carbocycles. The Hall–Kier alpha value is -2.33. The second kappa shape index (κ2) is 3.83. The van der Waals surface area contributed by atoms with Crippen LogP contribution in [0.3, 0.4) is 0 Å². The van der Waals surface area contributed by atoms with Crippen LogP contribution in [0.15, 0.2) is 61.7 Å². The summed E-state index contributed by atoms with van der Waals surface area (Å²) in [5.74, 6) is 0.697. The van der Waals surface area contributed by atoms with Gasteiger partial charge in [-0.1, -0.05) is 12.1 Å². The minimum Gasteiger partial charge on any atom is -0.463 e. The Morgan fingerprint density at radius 1 is 1.00 bits per heavy atom. The quantitative estimate of drug-likeness (QED) is 0.518. The zero-order valence-corrected chi connectivity index (χ0v) is 10.6. The summed E-state index contributed by atoms with van der Waals surface area (Å²) in [5.41, 5.74) is 1.22. The molecule has 3 nitrogen and oxygen atoms in total. The lowest BCUT2D eigenvalue weighted by Gasteiger charge is -1.98. The van der Waals surface area contributed by atoms with Gasteiger partial charge in [-0.05, 0) is 24.3 Å². The van der Waals surface area contributed by atoms with Crippen molar-refractivity contribution in [1.82, 2.24) is 0 Å². The Kier molecular flexibility index (Phi) is 2.13. The van der Waals surface area contributed by atoms with Crippen molar-refractivity contribution in [3.8, 4) is 10.6 Å². The van der Waals surface area contributed by atoms with Gasteiger partial charge >= 0.3 is 0 Å². The van der Waals surface area contributed by atoms with Crippen molar-refractivity contribution in [2.45, 2.75) is 0 Å². The number of rotatable bonds is 1. The van der Waals surface area contributed by atoms with Gasteiger partial charge in [0, 0.05) is 5.38 Å². The van der Waals surface area contributed by atoms with Crippen LogP contribution in [0.1, 0.15) is 0 Å². The summed E-state index contributed by atoms with van der Waals surface area (Å²) in [4.78, 5) is 13.4. The van der Waals surface area contributed by atoms with E-state index in [-0.39, 0.29) is 5.43 Å². The molecule has 4 heteroatoms. The molecular weight excluding hydrogens is 260 g/mol. The summed E-state index contributed by atoms with van der Waals surface area (Å²) in [6, 6.07) is 10.9. The minimum atomic E-state index is -0.00972. The van der Waals surface area contributed by atoms with E-state index in [1.807, 2.05) is 29.6 Å². The van der Waals surface area contributed by atoms with Crippen molar-refractivity contribution in [2.24, 2.45) is 0 Å². The van der Waals surface area contributed by atoms with Crippen LogP contribution in [0.2, 0.25) is 0 Å². The standard InChI is InChI=1S/C15H8O3S/c16-14-9-4-1-2-5-10(9)18-12-8-19-15(13(12)14)11-6-3-7-17-11/h1-8H. The Balaban J connectivity index is 2.20. The molecule has 0 amide bonds. The van der Waals surface area contributed by atoms with E-state index in [2.05, 4.69) is 0 Å². The third-order valence-corrected chi connectivity index (χ3v) is 4.05. The van der Waals surface area contributed by atoms with Crippen molar-refractivity contribution in [3.05, 3.63) is 58.3 Å². The first-order valence-electron chi connectivity index (χ1n) is 5.81. The molecule has 1 aromatic carbocycles. The number of hydrogen-bond acceptors (Lipinski definition) is 4. The number of benzene rings is 1. The molecule has 0 N–H and O–H groups in total. The Labute approximate surface area is 111 Å². The van der Waals surface area contributed by atoms with Crippen LogP contribution in [-0.2, 0) is 0 Å². The molecule has 3 heterocycles. The highest BCUT2D eigenvalue weighted by Crippen LogP contribution is 2.34. The van der Waals surface area contributed by atoms with Crippen molar-refractivity contribution in [1.29, 1.82) is 0 Å². The molecule has 3 aromatic heterocycles. The molecule has 0 aliphatic rings. The first kappa shape index (κ1) is 10.6. The van der Waals surface area contributed by atoms with Crippen LogP contribution < -0.4 is 5.43 Å². The van der Waals surface area contributed by atoms with Crippen LogP contribution in [0.25, 0.3) is 32.6 Å². The predicted molar refractivity (Wildman–Crippen MR) is 75.6 cm³/mol.